The first-order chi connectivity index (χ1) is 9.08. The maximum Gasteiger partial charge on any atom is 0.356 e. The van der Waals surface area contributed by atoms with Crippen LogP contribution in [0, 0.1) is 0 Å². The van der Waals surface area contributed by atoms with Gasteiger partial charge in [0.1, 0.15) is 0 Å². The normalized spacial score (nSPS) is 19.7. The molecular weight excluding hydrogens is 264 g/mol. The number of fused-ring (bicyclic) bond motifs is 1. The van der Waals surface area contributed by atoms with E-state index in [9.17, 15) is 9.90 Å². The third kappa shape index (κ3) is 1.98. The van der Waals surface area contributed by atoms with Gasteiger partial charge in [-0.3, -0.25) is 4.40 Å². The summed E-state index contributed by atoms with van der Waals surface area (Å²) in [7, 11) is 4.11. The highest BCUT2D eigenvalue weighted by Gasteiger charge is 2.30. The Kier molecular flexibility index (Phi) is 2.94. The maximum absolute atomic E-state index is 11.5. The number of anilines is 1. The van der Waals surface area contributed by atoms with Gasteiger partial charge < -0.3 is 14.9 Å². The number of imidazole rings is 1. The molecule has 7 heteroatoms. The molecule has 0 aromatic carbocycles. The van der Waals surface area contributed by atoms with Gasteiger partial charge in [0.2, 0.25) is 0 Å². The summed E-state index contributed by atoms with van der Waals surface area (Å²) in [4.78, 5) is 20.9. The SMILES string of the molecule is CN(C)C1CCN(c2nc3sccn3c2C(=O)O)C1. The Bertz CT molecular complexity index is 618. The molecule has 1 saturated heterocycles. The van der Waals surface area contributed by atoms with Gasteiger partial charge in [-0.15, -0.1) is 11.3 Å². The van der Waals surface area contributed by atoms with Crippen molar-refractivity contribution in [3.05, 3.63) is 17.3 Å². The van der Waals surface area contributed by atoms with E-state index in [1.54, 1.807) is 10.6 Å². The van der Waals surface area contributed by atoms with Crippen LogP contribution in [0.3, 0.4) is 0 Å². The molecule has 0 amide bonds. The number of likely N-dealkylation sites (N-methyl/N-ethyl adjacent to an activating group) is 1. The minimum absolute atomic E-state index is 0.274. The largest absolute Gasteiger partial charge is 0.476 e. The van der Waals surface area contributed by atoms with Crippen LogP contribution in [0.1, 0.15) is 16.9 Å². The summed E-state index contributed by atoms with van der Waals surface area (Å²) >= 11 is 1.46. The Labute approximate surface area is 114 Å². The van der Waals surface area contributed by atoms with Gasteiger partial charge in [-0.25, -0.2) is 9.78 Å². The van der Waals surface area contributed by atoms with E-state index in [1.807, 2.05) is 5.38 Å². The fourth-order valence-electron chi connectivity index (χ4n) is 2.55. The first kappa shape index (κ1) is 12.4. The fraction of sp³-hybridized carbons (Fsp3) is 0.500. The molecular formula is C12H16N4O2S. The number of carbonyl (C=O) groups is 1. The van der Waals surface area contributed by atoms with E-state index in [-0.39, 0.29) is 5.69 Å². The van der Waals surface area contributed by atoms with Crippen molar-refractivity contribution in [2.45, 2.75) is 12.5 Å². The highest BCUT2D eigenvalue weighted by Crippen LogP contribution is 2.28. The van der Waals surface area contributed by atoms with Crippen LogP contribution in [0.5, 0.6) is 0 Å². The molecule has 19 heavy (non-hydrogen) atoms. The molecule has 1 unspecified atom stereocenters. The number of thiazole rings is 1. The van der Waals surface area contributed by atoms with Crippen LogP contribution in [-0.2, 0) is 0 Å². The molecule has 0 aliphatic carbocycles. The van der Waals surface area contributed by atoms with Crippen LogP contribution < -0.4 is 4.90 Å². The molecule has 102 valence electrons. The zero-order valence-electron chi connectivity index (χ0n) is 10.9. The Balaban J connectivity index is 1.99. The standard InChI is InChI=1S/C12H16N4O2S/c1-14(2)8-3-4-15(7-8)10-9(11(17)18)16-5-6-19-12(16)13-10/h5-6,8H,3-4,7H2,1-2H3,(H,17,18). The van der Waals surface area contributed by atoms with E-state index in [1.165, 1.54) is 11.3 Å². The number of carboxylic acid groups (broad SMARTS) is 1. The van der Waals surface area contributed by atoms with Crippen LogP contribution in [0.4, 0.5) is 5.82 Å². The van der Waals surface area contributed by atoms with Gasteiger partial charge in [0.25, 0.3) is 0 Å². The third-order valence-corrected chi connectivity index (χ3v) is 4.40. The highest BCUT2D eigenvalue weighted by molar-refractivity contribution is 7.15. The molecule has 1 fully saturated rings. The van der Waals surface area contributed by atoms with E-state index >= 15 is 0 Å². The van der Waals surface area contributed by atoms with Crippen molar-refractivity contribution in [2.24, 2.45) is 0 Å². The molecule has 2 aromatic heterocycles. The first-order valence-corrected chi connectivity index (χ1v) is 7.06. The molecule has 1 aliphatic rings. The quantitative estimate of drug-likeness (QED) is 0.916. The van der Waals surface area contributed by atoms with Crippen molar-refractivity contribution in [3.63, 3.8) is 0 Å². The van der Waals surface area contributed by atoms with Crippen molar-refractivity contribution < 1.29 is 9.90 Å². The summed E-state index contributed by atoms with van der Waals surface area (Å²) < 4.78 is 1.66. The second-order valence-electron chi connectivity index (χ2n) is 5.00. The molecule has 6 nitrogen and oxygen atoms in total. The van der Waals surface area contributed by atoms with Crippen molar-refractivity contribution in [1.29, 1.82) is 0 Å². The summed E-state index contributed by atoms with van der Waals surface area (Å²) in [5.41, 5.74) is 0.274. The second kappa shape index (κ2) is 4.50. The second-order valence-corrected chi connectivity index (χ2v) is 5.87. The minimum Gasteiger partial charge on any atom is -0.476 e. The van der Waals surface area contributed by atoms with Gasteiger partial charge in [0.15, 0.2) is 16.5 Å². The lowest BCUT2D eigenvalue weighted by Crippen LogP contribution is -2.32. The summed E-state index contributed by atoms with van der Waals surface area (Å²) in [6.45, 7) is 1.69. The van der Waals surface area contributed by atoms with E-state index in [4.69, 9.17) is 0 Å². The number of hydrogen-bond acceptors (Lipinski definition) is 5. The number of carboxylic acids is 1. The number of aromatic carboxylic acids is 1. The summed E-state index contributed by atoms with van der Waals surface area (Å²) in [6.07, 6.45) is 2.80. The van der Waals surface area contributed by atoms with Crippen molar-refractivity contribution in [2.75, 3.05) is 32.1 Å². The Morgan fingerprint density at radius 1 is 1.58 bits per heavy atom. The number of nitrogens with zero attached hydrogens (tertiary/aromatic N) is 4. The van der Waals surface area contributed by atoms with Gasteiger partial charge in [0.05, 0.1) is 0 Å². The van der Waals surface area contributed by atoms with E-state index in [0.29, 0.717) is 11.9 Å². The highest BCUT2D eigenvalue weighted by atomic mass is 32.1. The average Bonchev–Trinajstić information content (AvgIpc) is 3.02. The first-order valence-electron chi connectivity index (χ1n) is 6.18. The zero-order chi connectivity index (χ0) is 13.6. The smallest absolute Gasteiger partial charge is 0.356 e. The monoisotopic (exact) mass is 280 g/mol. The number of aromatic nitrogens is 2. The molecule has 1 atom stereocenters. The van der Waals surface area contributed by atoms with Crippen LogP contribution in [-0.4, -0.2) is 58.6 Å². The molecule has 0 spiro atoms. The topological polar surface area (TPSA) is 61.1 Å². The van der Waals surface area contributed by atoms with Gasteiger partial charge in [-0.1, -0.05) is 0 Å². The molecule has 0 radical (unpaired) electrons. The Morgan fingerprint density at radius 2 is 2.37 bits per heavy atom. The summed E-state index contributed by atoms with van der Waals surface area (Å²) in [6, 6.07) is 0.460. The van der Waals surface area contributed by atoms with Gasteiger partial charge in [0, 0.05) is 30.7 Å². The lowest BCUT2D eigenvalue weighted by molar-refractivity contribution is 0.0690. The van der Waals surface area contributed by atoms with Crippen molar-refractivity contribution >= 4 is 28.1 Å². The zero-order valence-corrected chi connectivity index (χ0v) is 11.7. The number of hydrogen-bond donors (Lipinski definition) is 1. The predicted molar refractivity (Wildman–Crippen MR) is 74.3 cm³/mol. The maximum atomic E-state index is 11.5. The van der Waals surface area contributed by atoms with Crippen molar-refractivity contribution in [3.8, 4) is 0 Å². The van der Waals surface area contributed by atoms with Crippen LogP contribution >= 0.6 is 11.3 Å². The fourth-order valence-corrected chi connectivity index (χ4v) is 3.26. The predicted octanol–water partition coefficient (Wildman–Crippen LogP) is 1.23. The van der Waals surface area contributed by atoms with Gasteiger partial charge in [-0.2, -0.15) is 0 Å². The Morgan fingerprint density at radius 3 is 3.00 bits per heavy atom. The molecule has 1 aliphatic heterocycles. The molecule has 3 heterocycles. The average molecular weight is 280 g/mol. The third-order valence-electron chi connectivity index (χ3n) is 3.64. The molecule has 2 aromatic rings. The minimum atomic E-state index is -0.922. The lowest BCUT2D eigenvalue weighted by Gasteiger charge is -2.20. The van der Waals surface area contributed by atoms with Crippen LogP contribution in [0.15, 0.2) is 11.6 Å². The molecule has 0 bridgehead atoms. The van der Waals surface area contributed by atoms with Crippen LogP contribution in [0.2, 0.25) is 0 Å². The summed E-state index contributed by atoms with van der Waals surface area (Å²) in [5.74, 6) is -0.321. The van der Waals surface area contributed by atoms with E-state index in [2.05, 4.69) is 28.9 Å². The molecule has 3 rings (SSSR count). The molecule has 1 N–H and O–H groups in total. The lowest BCUT2D eigenvalue weighted by atomic mass is 10.2. The van der Waals surface area contributed by atoms with Crippen LogP contribution in [0.25, 0.3) is 4.96 Å². The van der Waals surface area contributed by atoms with E-state index < -0.39 is 5.97 Å². The van der Waals surface area contributed by atoms with Crippen molar-refractivity contribution in [1.82, 2.24) is 14.3 Å². The van der Waals surface area contributed by atoms with Gasteiger partial charge in [-0.05, 0) is 20.5 Å². The Hall–Kier alpha value is -1.60. The summed E-state index contributed by atoms with van der Waals surface area (Å²) in [5, 5.41) is 11.3. The van der Waals surface area contributed by atoms with E-state index in [0.717, 1.165) is 24.5 Å². The molecule has 0 saturated carbocycles. The van der Waals surface area contributed by atoms with Gasteiger partial charge >= 0.3 is 5.97 Å². The number of rotatable bonds is 3.